The maximum absolute atomic E-state index is 11.1. The van der Waals surface area contributed by atoms with Crippen LogP contribution in [0.25, 0.3) is 11.0 Å². The van der Waals surface area contributed by atoms with E-state index in [2.05, 4.69) is 6.07 Å². The maximum Gasteiger partial charge on any atom is 0.201 e. The van der Waals surface area contributed by atoms with Gasteiger partial charge in [-0.05, 0) is 12.1 Å². The maximum atomic E-state index is 11.1. The number of hydrogen-bond acceptors (Lipinski definition) is 4. The van der Waals surface area contributed by atoms with E-state index in [4.69, 9.17) is 9.52 Å². The zero-order chi connectivity index (χ0) is 9.42. The molecule has 13 heavy (non-hydrogen) atoms. The Hall–Kier alpha value is -1.97. The summed E-state index contributed by atoms with van der Waals surface area (Å²) in [7, 11) is 0. The monoisotopic (exact) mass is 177 g/mol. The van der Waals surface area contributed by atoms with Crippen molar-refractivity contribution in [2.75, 3.05) is 0 Å². The molecule has 0 saturated heterocycles. The van der Waals surface area contributed by atoms with Crippen LogP contribution >= 0.6 is 0 Å². The van der Waals surface area contributed by atoms with Crippen LogP contribution in [0, 0.1) is 6.07 Å². The van der Waals surface area contributed by atoms with Crippen molar-refractivity contribution in [3.8, 4) is 11.5 Å². The van der Waals surface area contributed by atoms with Gasteiger partial charge >= 0.3 is 0 Å². The van der Waals surface area contributed by atoms with Crippen molar-refractivity contribution in [3.05, 3.63) is 34.7 Å². The SMILES string of the molecule is O=c1[c]coc2c(O)c(O)ccc12. The van der Waals surface area contributed by atoms with Crippen molar-refractivity contribution in [1.82, 2.24) is 0 Å². The predicted octanol–water partition coefficient (Wildman–Crippen LogP) is 1.00. The molecule has 2 rings (SSSR count). The van der Waals surface area contributed by atoms with Gasteiger partial charge in [0.25, 0.3) is 0 Å². The molecule has 1 aromatic heterocycles. The first-order valence-electron chi connectivity index (χ1n) is 3.54. The molecule has 1 heterocycles. The number of aromatic hydroxyl groups is 2. The molecule has 0 amide bonds. The molecule has 0 spiro atoms. The molecule has 0 aliphatic rings. The van der Waals surface area contributed by atoms with E-state index in [-0.39, 0.29) is 22.1 Å². The van der Waals surface area contributed by atoms with Crippen LogP contribution < -0.4 is 5.43 Å². The number of hydrogen-bond donors (Lipinski definition) is 2. The van der Waals surface area contributed by atoms with Crippen LogP contribution in [0.5, 0.6) is 11.5 Å². The summed E-state index contributed by atoms with van der Waals surface area (Å²) in [5, 5.41) is 18.6. The van der Waals surface area contributed by atoms with Crippen molar-refractivity contribution in [3.63, 3.8) is 0 Å². The van der Waals surface area contributed by atoms with E-state index in [1.54, 1.807) is 0 Å². The number of phenols is 2. The predicted molar refractivity (Wildman–Crippen MR) is 44.6 cm³/mol. The summed E-state index contributed by atoms with van der Waals surface area (Å²) in [4.78, 5) is 11.1. The fraction of sp³-hybridized carbons (Fsp3) is 0. The topological polar surface area (TPSA) is 70.7 Å². The molecule has 4 heteroatoms. The molecule has 2 aromatic rings. The van der Waals surface area contributed by atoms with Crippen LogP contribution in [0.3, 0.4) is 0 Å². The van der Waals surface area contributed by atoms with Crippen molar-refractivity contribution in [1.29, 1.82) is 0 Å². The second-order valence-electron chi connectivity index (χ2n) is 2.52. The van der Waals surface area contributed by atoms with Gasteiger partial charge in [0, 0.05) is 0 Å². The largest absolute Gasteiger partial charge is 0.504 e. The highest BCUT2D eigenvalue weighted by molar-refractivity contribution is 5.84. The summed E-state index contributed by atoms with van der Waals surface area (Å²) in [5.74, 6) is -0.745. The van der Waals surface area contributed by atoms with Crippen molar-refractivity contribution < 1.29 is 14.6 Å². The van der Waals surface area contributed by atoms with Gasteiger partial charge in [0.2, 0.25) is 11.2 Å². The van der Waals surface area contributed by atoms with Crippen LogP contribution in [-0.4, -0.2) is 10.2 Å². The van der Waals surface area contributed by atoms with Crippen LogP contribution in [0.4, 0.5) is 0 Å². The fourth-order valence-electron chi connectivity index (χ4n) is 1.08. The second kappa shape index (κ2) is 2.52. The number of benzene rings is 1. The standard InChI is InChI=1S/C9H5O4/c10-6-3-4-13-9-5(6)1-2-7(11)8(9)12/h1-2,4,11-12H. The van der Waals surface area contributed by atoms with Gasteiger partial charge < -0.3 is 14.6 Å². The van der Waals surface area contributed by atoms with E-state index in [9.17, 15) is 9.90 Å². The minimum Gasteiger partial charge on any atom is -0.504 e. The van der Waals surface area contributed by atoms with Gasteiger partial charge in [-0.25, -0.2) is 0 Å². The first kappa shape index (κ1) is 7.67. The normalized spacial score (nSPS) is 10.5. The van der Waals surface area contributed by atoms with E-state index < -0.39 is 5.75 Å². The molecule has 2 N–H and O–H groups in total. The van der Waals surface area contributed by atoms with E-state index in [1.165, 1.54) is 12.1 Å². The molecule has 4 nitrogen and oxygen atoms in total. The molecule has 0 aliphatic heterocycles. The lowest BCUT2D eigenvalue weighted by Crippen LogP contribution is -1.98. The van der Waals surface area contributed by atoms with Crippen molar-refractivity contribution in [2.24, 2.45) is 0 Å². The zero-order valence-electron chi connectivity index (χ0n) is 6.44. The fourth-order valence-corrected chi connectivity index (χ4v) is 1.08. The van der Waals surface area contributed by atoms with E-state index in [0.29, 0.717) is 0 Å². The van der Waals surface area contributed by atoms with Gasteiger partial charge in [-0.3, -0.25) is 4.79 Å². The minimum atomic E-state index is -0.427. The van der Waals surface area contributed by atoms with Crippen LogP contribution in [0.15, 0.2) is 27.6 Å². The van der Waals surface area contributed by atoms with Gasteiger partial charge in [0.15, 0.2) is 11.3 Å². The summed E-state index contributed by atoms with van der Waals surface area (Å²) in [6.07, 6.45) is 1.05. The summed E-state index contributed by atoms with van der Waals surface area (Å²) in [5.41, 5.74) is -0.402. The average Bonchev–Trinajstić information content (AvgIpc) is 2.12. The second-order valence-corrected chi connectivity index (χ2v) is 2.52. The summed E-state index contributed by atoms with van der Waals surface area (Å²) >= 11 is 0. The molecule has 0 fully saturated rings. The Bertz CT molecular complexity index is 512. The molecule has 1 aromatic carbocycles. The molecule has 0 aliphatic carbocycles. The molecular formula is C9H5O4. The first-order valence-corrected chi connectivity index (χ1v) is 3.54. The van der Waals surface area contributed by atoms with E-state index in [0.717, 1.165) is 6.26 Å². The lowest BCUT2D eigenvalue weighted by molar-refractivity contribution is 0.399. The van der Waals surface area contributed by atoms with Gasteiger partial charge in [0.05, 0.1) is 11.5 Å². The van der Waals surface area contributed by atoms with Crippen LogP contribution in [0.1, 0.15) is 0 Å². The highest BCUT2D eigenvalue weighted by atomic mass is 16.4. The Balaban J connectivity index is 3.03. The molecule has 65 valence electrons. The Morgan fingerprint density at radius 3 is 2.85 bits per heavy atom. The van der Waals surface area contributed by atoms with Crippen LogP contribution in [-0.2, 0) is 0 Å². The number of phenolic OH excluding ortho intramolecular Hbond substituents is 2. The third-order valence-corrected chi connectivity index (χ3v) is 1.72. The molecule has 0 saturated carbocycles. The average molecular weight is 177 g/mol. The zero-order valence-corrected chi connectivity index (χ0v) is 6.44. The van der Waals surface area contributed by atoms with Crippen molar-refractivity contribution >= 4 is 11.0 Å². The van der Waals surface area contributed by atoms with Gasteiger partial charge in [-0.2, -0.15) is 0 Å². The highest BCUT2D eigenvalue weighted by Crippen LogP contribution is 2.31. The van der Waals surface area contributed by atoms with Crippen molar-refractivity contribution in [2.45, 2.75) is 0 Å². The quantitative estimate of drug-likeness (QED) is 0.589. The van der Waals surface area contributed by atoms with E-state index in [1.807, 2.05) is 0 Å². The Kier molecular flexibility index (Phi) is 1.48. The summed E-state index contributed by atoms with van der Waals surface area (Å²) in [6.45, 7) is 0. The van der Waals surface area contributed by atoms with Gasteiger partial charge in [-0.15, -0.1) is 0 Å². The van der Waals surface area contributed by atoms with E-state index >= 15 is 0 Å². The Labute approximate surface area is 72.7 Å². The Morgan fingerprint density at radius 1 is 1.31 bits per heavy atom. The van der Waals surface area contributed by atoms with Crippen LogP contribution in [0.2, 0.25) is 0 Å². The van der Waals surface area contributed by atoms with Gasteiger partial charge in [-0.1, -0.05) is 0 Å². The number of fused-ring (bicyclic) bond motifs is 1. The van der Waals surface area contributed by atoms with Gasteiger partial charge in [0.1, 0.15) is 6.26 Å². The molecule has 0 bridgehead atoms. The molecular weight excluding hydrogens is 172 g/mol. The third kappa shape index (κ3) is 1.03. The molecule has 0 atom stereocenters. The minimum absolute atomic E-state index is 0.0243. The summed E-state index contributed by atoms with van der Waals surface area (Å²) < 4.78 is 4.84. The first-order chi connectivity index (χ1) is 6.20. The lowest BCUT2D eigenvalue weighted by atomic mass is 10.2. The Morgan fingerprint density at radius 2 is 2.08 bits per heavy atom. The lowest BCUT2D eigenvalue weighted by Gasteiger charge is -1.99. The molecule has 1 radical (unpaired) electrons. The summed E-state index contributed by atoms with van der Waals surface area (Å²) in [6, 6.07) is 4.90. The smallest absolute Gasteiger partial charge is 0.201 e. The molecule has 0 unspecified atom stereocenters. The number of rotatable bonds is 0. The highest BCUT2D eigenvalue weighted by Gasteiger charge is 2.08. The third-order valence-electron chi connectivity index (χ3n) is 1.72.